The second-order valence-electron chi connectivity index (χ2n) is 3.36. The van der Waals surface area contributed by atoms with E-state index in [-0.39, 0.29) is 23.7 Å². The molecule has 4 nitrogen and oxygen atoms in total. The molecule has 0 aliphatic heterocycles. The van der Waals surface area contributed by atoms with Gasteiger partial charge in [-0.15, -0.1) is 0 Å². The van der Waals surface area contributed by atoms with Gasteiger partial charge in [0.25, 0.3) is 0 Å². The molecule has 0 saturated carbocycles. The van der Waals surface area contributed by atoms with Gasteiger partial charge < -0.3 is 10.5 Å². The number of sulfone groups is 1. The first kappa shape index (κ1) is 13.9. The quantitative estimate of drug-likeness (QED) is 0.685. The molecule has 0 aromatic carbocycles. The van der Waals surface area contributed by atoms with E-state index in [1.165, 1.54) is 0 Å². The molecule has 0 aromatic rings. The minimum Gasteiger partial charge on any atom is -0.376 e. The van der Waals surface area contributed by atoms with Gasteiger partial charge in [-0.05, 0) is 20.3 Å². The monoisotopic (exact) mass is 223 g/mol. The molecule has 0 aliphatic carbocycles. The Hall–Kier alpha value is -0.130. The van der Waals surface area contributed by atoms with Crippen LogP contribution in [0.2, 0.25) is 0 Å². The van der Waals surface area contributed by atoms with E-state index in [1.54, 1.807) is 6.92 Å². The molecular weight excluding hydrogens is 202 g/mol. The molecule has 0 spiro atoms. The Bertz CT molecular complexity index is 238. The number of ether oxygens (including phenoxy) is 1. The lowest BCUT2D eigenvalue weighted by molar-refractivity contribution is 0.0845. The predicted octanol–water partition coefficient (Wildman–Crippen LogP) is 0.563. The molecule has 0 aromatic heterocycles. The van der Waals surface area contributed by atoms with Crippen molar-refractivity contribution in [2.75, 3.05) is 18.9 Å². The first-order chi connectivity index (χ1) is 6.47. The lowest BCUT2D eigenvalue weighted by Crippen LogP contribution is -2.35. The Labute approximate surface area is 86.7 Å². The summed E-state index contributed by atoms with van der Waals surface area (Å²) in [5.74, 6) is 0.0341. The van der Waals surface area contributed by atoms with Crippen LogP contribution in [-0.4, -0.2) is 38.7 Å². The van der Waals surface area contributed by atoms with Crippen molar-refractivity contribution in [1.29, 1.82) is 0 Å². The van der Waals surface area contributed by atoms with Crippen molar-refractivity contribution in [2.45, 2.75) is 38.5 Å². The molecule has 2 unspecified atom stereocenters. The van der Waals surface area contributed by atoms with Crippen LogP contribution in [0.5, 0.6) is 0 Å². The second kappa shape index (κ2) is 6.37. The summed E-state index contributed by atoms with van der Waals surface area (Å²) in [6.07, 6.45) is 0.269. The van der Waals surface area contributed by atoms with E-state index in [4.69, 9.17) is 10.5 Å². The van der Waals surface area contributed by atoms with Gasteiger partial charge in [0.15, 0.2) is 9.84 Å². The van der Waals surface area contributed by atoms with Crippen LogP contribution in [0, 0.1) is 0 Å². The highest BCUT2D eigenvalue weighted by atomic mass is 32.2. The zero-order chi connectivity index (χ0) is 11.2. The summed E-state index contributed by atoms with van der Waals surface area (Å²) in [6, 6.07) is 0. The van der Waals surface area contributed by atoms with Gasteiger partial charge in [-0.1, -0.05) is 6.92 Å². The largest absolute Gasteiger partial charge is 0.376 e. The van der Waals surface area contributed by atoms with Crippen LogP contribution in [0.1, 0.15) is 27.2 Å². The van der Waals surface area contributed by atoms with Crippen molar-refractivity contribution < 1.29 is 13.2 Å². The van der Waals surface area contributed by atoms with Crippen molar-refractivity contribution in [3.05, 3.63) is 0 Å². The SMILES string of the molecule is CCOC(CN)CS(=O)(=O)C(C)CC. The first-order valence-corrected chi connectivity index (χ1v) is 6.72. The normalized spacial score (nSPS) is 16.6. The van der Waals surface area contributed by atoms with Gasteiger partial charge in [0, 0.05) is 13.2 Å². The summed E-state index contributed by atoms with van der Waals surface area (Å²) in [4.78, 5) is 0. The smallest absolute Gasteiger partial charge is 0.155 e. The highest BCUT2D eigenvalue weighted by Crippen LogP contribution is 2.08. The topological polar surface area (TPSA) is 69.4 Å². The lowest BCUT2D eigenvalue weighted by Gasteiger charge is -2.17. The third-order valence-electron chi connectivity index (χ3n) is 2.27. The zero-order valence-electron chi connectivity index (χ0n) is 9.19. The molecule has 14 heavy (non-hydrogen) atoms. The average Bonchev–Trinajstić information content (AvgIpc) is 2.15. The van der Waals surface area contributed by atoms with Crippen molar-refractivity contribution in [1.82, 2.24) is 0 Å². The van der Waals surface area contributed by atoms with Crippen molar-refractivity contribution in [3.63, 3.8) is 0 Å². The Morgan fingerprint density at radius 2 is 1.93 bits per heavy atom. The molecule has 0 amide bonds. The molecular formula is C9H21NO3S. The number of nitrogens with two attached hydrogens (primary N) is 1. The highest BCUT2D eigenvalue weighted by Gasteiger charge is 2.23. The van der Waals surface area contributed by atoms with Crippen LogP contribution >= 0.6 is 0 Å². The molecule has 0 fully saturated rings. The van der Waals surface area contributed by atoms with Crippen LogP contribution in [0.25, 0.3) is 0 Å². The second-order valence-corrected chi connectivity index (χ2v) is 5.83. The van der Waals surface area contributed by atoms with Crippen LogP contribution < -0.4 is 5.73 Å². The van der Waals surface area contributed by atoms with Crippen LogP contribution in [-0.2, 0) is 14.6 Å². The minimum absolute atomic E-state index is 0.0341. The van der Waals surface area contributed by atoms with Gasteiger partial charge in [-0.3, -0.25) is 0 Å². The summed E-state index contributed by atoms with van der Waals surface area (Å²) in [7, 11) is -3.05. The fourth-order valence-electron chi connectivity index (χ4n) is 1.10. The van der Waals surface area contributed by atoms with Crippen LogP contribution in [0.3, 0.4) is 0 Å². The first-order valence-electron chi connectivity index (χ1n) is 5.01. The summed E-state index contributed by atoms with van der Waals surface area (Å²) < 4.78 is 28.6. The third-order valence-corrected chi connectivity index (χ3v) is 4.67. The van der Waals surface area contributed by atoms with Gasteiger partial charge in [0.1, 0.15) is 0 Å². The molecule has 2 atom stereocenters. The Kier molecular flexibility index (Phi) is 6.31. The van der Waals surface area contributed by atoms with E-state index < -0.39 is 9.84 Å². The molecule has 0 bridgehead atoms. The van der Waals surface area contributed by atoms with Gasteiger partial charge in [-0.2, -0.15) is 0 Å². The van der Waals surface area contributed by atoms with E-state index in [1.807, 2.05) is 13.8 Å². The van der Waals surface area contributed by atoms with Gasteiger partial charge in [0.05, 0.1) is 17.1 Å². The van der Waals surface area contributed by atoms with E-state index in [0.29, 0.717) is 13.0 Å². The number of hydrogen-bond donors (Lipinski definition) is 1. The van der Waals surface area contributed by atoms with E-state index in [9.17, 15) is 8.42 Å². The maximum atomic E-state index is 11.7. The Balaban J connectivity index is 4.32. The lowest BCUT2D eigenvalue weighted by atomic mass is 10.4. The number of hydrogen-bond acceptors (Lipinski definition) is 4. The van der Waals surface area contributed by atoms with Crippen molar-refractivity contribution in [3.8, 4) is 0 Å². The third kappa shape index (κ3) is 4.39. The molecule has 5 heteroatoms. The van der Waals surface area contributed by atoms with Crippen molar-refractivity contribution >= 4 is 9.84 Å². The molecule has 0 rings (SSSR count). The average molecular weight is 223 g/mol. The minimum atomic E-state index is -3.05. The number of rotatable bonds is 7. The van der Waals surface area contributed by atoms with Crippen LogP contribution in [0.15, 0.2) is 0 Å². The van der Waals surface area contributed by atoms with Gasteiger partial charge in [0.2, 0.25) is 0 Å². The molecule has 0 saturated heterocycles. The van der Waals surface area contributed by atoms with Gasteiger partial charge in [-0.25, -0.2) is 8.42 Å². The highest BCUT2D eigenvalue weighted by molar-refractivity contribution is 7.92. The van der Waals surface area contributed by atoms with Crippen molar-refractivity contribution in [2.24, 2.45) is 5.73 Å². The standard InChI is InChI=1S/C9H21NO3S/c1-4-8(3)14(11,12)7-9(6-10)13-5-2/h8-9H,4-7,10H2,1-3H3. The van der Waals surface area contributed by atoms with Crippen LogP contribution in [0.4, 0.5) is 0 Å². The Morgan fingerprint density at radius 1 is 1.36 bits per heavy atom. The molecule has 0 heterocycles. The molecule has 0 aliphatic rings. The fraction of sp³-hybridized carbons (Fsp3) is 1.00. The molecule has 86 valence electrons. The summed E-state index contributed by atoms with van der Waals surface area (Å²) in [6.45, 7) is 6.16. The maximum absolute atomic E-state index is 11.7. The fourth-order valence-corrected chi connectivity index (χ4v) is 2.68. The molecule has 0 radical (unpaired) electrons. The molecule has 2 N–H and O–H groups in total. The summed E-state index contributed by atoms with van der Waals surface area (Å²) in [5, 5.41) is -0.308. The maximum Gasteiger partial charge on any atom is 0.155 e. The van der Waals surface area contributed by atoms with Gasteiger partial charge >= 0.3 is 0 Å². The Morgan fingerprint density at radius 3 is 2.29 bits per heavy atom. The zero-order valence-corrected chi connectivity index (χ0v) is 10.0. The summed E-state index contributed by atoms with van der Waals surface area (Å²) >= 11 is 0. The van der Waals surface area contributed by atoms with E-state index >= 15 is 0 Å². The predicted molar refractivity (Wildman–Crippen MR) is 58.0 cm³/mol. The van der Waals surface area contributed by atoms with E-state index in [2.05, 4.69) is 0 Å². The van der Waals surface area contributed by atoms with E-state index in [0.717, 1.165) is 0 Å². The summed E-state index contributed by atoms with van der Waals surface area (Å²) in [5.41, 5.74) is 5.42.